The van der Waals surface area contributed by atoms with Gasteiger partial charge in [0.15, 0.2) is 18.2 Å². The fourth-order valence-corrected chi connectivity index (χ4v) is 5.30. The molecule has 1 aliphatic rings. The standard InChI is InChI=1S/C33H58NO4.BrH/c1-3-4-5-6-7-8-9-10-11-12-13-14-15-16-20-25-33(2)37-30-31(38-33)29-36-32(35)24-19-17-21-26-34-27-22-18-23-28-34;/h18,22-23,27-28,31H,3-17,19-21,24-26,29-30H2,1-2H3;1H/q+1;/p-1. The molecule has 1 saturated heterocycles. The number of pyridine rings is 1. The molecule has 0 radical (unpaired) electrons. The molecule has 0 spiro atoms. The van der Waals surface area contributed by atoms with E-state index in [1.54, 1.807) is 0 Å². The number of unbranched alkanes of at least 4 members (excludes halogenated alkanes) is 16. The maximum atomic E-state index is 12.1. The average molecular weight is 613 g/mol. The predicted molar refractivity (Wildman–Crippen MR) is 155 cm³/mol. The van der Waals surface area contributed by atoms with Crippen LogP contribution < -0.4 is 21.5 Å². The van der Waals surface area contributed by atoms with Crippen molar-refractivity contribution < 1.29 is 40.6 Å². The molecule has 1 fully saturated rings. The maximum absolute atomic E-state index is 12.1. The van der Waals surface area contributed by atoms with E-state index < -0.39 is 5.79 Å². The first-order chi connectivity index (χ1) is 18.6. The van der Waals surface area contributed by atoms with E-state index in [4.69, 9.17) is 14.2 Å². The van der Waals surface area contributed by atoms with Crippen LogP contribution in [0.2, 0.25) is 0 Å². The van der Waals surface area contributed by atoms with E-state index in [1.165, 1.54) is 89.9 Å². The minimum absolute atomic E-state index is 0. The molecule has 6 heteroatoms. The van der Waals surface area contributed by atoms with E-state index in [1.807, 2.05) is 25.1 Å². The molecule has 1 aromatic rings. The molecule has 0 amide bonds. The van der Waals surface area contributed by atoms with Crippen LogP contribution in [-0.2, 0) is 25.5 Å². The summed E-state index contributed by atoms with van der Waals surface area (Å²) in [5.74, 6) is -0.653. The Morgan fingerprint density at radius 3 is 1.92 bits per heavy atom. The third kappa shape index (κ3) is 18.9. The first kappa shape index (κ1) is 36.0. The van der Waals surface area contributed by atoms with Gasteiger partial charge >= 0.3 is 5.97 Å². The minimum Gasteiger partial charge on any atom is -1.00 e. The third-order valence-corrected chi connectivity index (χ3v) is 7.73. The first-order valence-corrected chi connectivity index (χ1v) is 16.0. The van der Waals surface area contributed by atoms with Gasteiger partial charge in [0.25, 0.3) is 0 Å². The van der Waals surface area contributed by atoms with Gasteiger partial charge in [-0.2, -0.15) is 0 Å². The number of nitrogens with zero attached hydrogens (tertiary/aromatic N) is 1. The Morgan fingerprint density at radius 2 is 1.33 bits per heavy atom. The summed E-state index contributed by atoms with van der Waals surface area (Å²) in [5.41, 5.74) is 0. The molecule has 2 atom stereocenters. The van der Waals surface area contributed by atoms with Gasteiger partial charge < -0.3 is 31.2 Å². The van der Waals surface area contributed by atoms with E-state index in [0.717, 1.165) is 38.6 Å². The Labute approximate surface area is 250 Å². The van der Waals surface area contributed by atoms with Gasteiger partial charge in [-0.1, -0.05) is 103 Å². The number of aryl methyl sites for hydroxylation is 1. The number of halogens is 1. The van der Waals surface area contributed by atoms with Gasteiger partial charge in [0.1, 0.15) is 19.3 Å². The number of rotatable bonds is 24. The molecule has 1 aliphatic heterocycles. The molecule has 39 heavy (non-hydrogen) atoms. The van der Waals surface area contributed by atoms with E-state index in [9.17, 15) is 4.79 Å². The first-order valence-electron chi connectivity index (χ1n) is 16.0. The van der Waals surface area contributed by atoms with Crippen LogP contribution in [0.1, 0.15) is 142 Å². The lowest BCUT2D eigenvalue weighted by Gasteiger charge is -2.23. The van der Waals surface area contributed by atoms with Crippen LogP contribution in [-0.4, -0.2) is 31.1 Å². The zero-order valence-electron chi connectivity index (χ0n) is 25.2. The molecule has 2 unspecified atom stereocenters. The predicted octanol–water partition coefficient (Wildman–Crippen LogP) is 5.47. The molecule has 5 nitrogen and oxygen atoms in total. The van der Waals surface area contributed by atoms with Crippen molar-refractivity contribution in [1.82, 2.24) is 0 Å². The average Bonchev–Trinajstić information content (AvgIpc) is 3.31. The van der Waals surface area contributed by atoms with Crippen molar-refractivity contribution in [3.8, 4) is 0 Å². The van der Waals surface area contributed by atoms with Gasteiger partial charge in [0.2, 0.25) is 0 Å². The van der Waals surface area contributed by atoms with Crippen molar-refractivity contribution in [1.29, 1.82) is 0 Å². The second-order valence-electron chi connectivity index (χ2n) is 11.5. The summed E-state index contributed by atoms with van der Waals surface area (Å²) in [4.78, 5) is 12.1. The Balaban J connectivity index is 0.00000760. The second kappa shape index (κ2) is 23.7. The topological polar surface area (TPSA) is 48.6 Å². The number of hydrogen-bond donors (Lipinski definition) is 0. The monoisotopic (exact) mass is 611 g/mol. The van der Waals surface area contributed by atoms with Gasteiger partial charge in [-0.15, -0.1) is 0 Å². The van der Waals surface area contributed by atoms with Gasteiger partial charge in [0.05, 0.1) is 6.61 Å². The second-order valence-corrected chi connectivity index (χ2v) is 11.5. The molecule has 0 aromatic carbocycles. The maximum Gasteiger partial charge on any atom is 0.305 e. The van der Waals surface area contributed by atoms with Gasteiger partial charge in [0, 0.05) is 31.4 Å². The van der Waals surface area contributed by atoms with Crippen LogP contribution in [0, 0.1) is 0 Å². The number of esters is 1. The molecule has 1 aromatic heterocycles. The zero-order valence-corrected chi connectivity index (χ0v) is 26.8. The smallest absolute Gasteiger partial charge is 0.305 e. The fraction of sp³-hybridized carbons (Fsp3) is 0.818. The summed E-state index contributed by atoms with van der Waals surface area (Å²) >= 11 is 0. The molecular weight excluding hydrogens is 554 g/mol. The number of ether oxygens (including phenoxy) is 3. The lowest BCUT2D eigenvalue weighted by molar-refractivity contribution is -0.697. The molecule has 2 heterocycles. The van der Waals surface area contributed by atoms with Crippen LogP contribution >= 0.6 is 0 Å². The number of carbonyl (C=O) groups is 1. The Kier molecular flexibility index (Phi) is 21.9. The highest BCUT2D eigenvalue weighted by Gasteiger charge is 2.37. The van der Waals surface area contributed by atoms with Gasteiger partial charge in [-0.25, -0.2) is 4.57 Å². The van der Waals surface area contributed by atoms with E-state index in [2.05, 4.69) is 23.9 Å². The highest BCUT2D eigenvalue weighted by Crippen LogP contribution is 2.29. The van der Waals surface area contributed by atoms with Crippen LogP contribution in [0.15, 0.2) is 30.6 Å². The third-order valence-electron chi connectivity index (χ3n) is 7.73. The largest absolute Gasteiger partial charge is 1.00 e. The van der Waals surface area contributed by atoms with E-state index in [0.29, 0.717) is 19.6 Å². The number of carbonyl (C=O) groups excluding carboxylic acids is 1. The Bertz CT molecular complexity index is 704. The summed E-state index contributed by atoms with van der Waals surface area (Å²) in [6, 6.07) is 6.10. The van der Waals surface area contributed by atoms with Crippen molar-refractivity contribution in [2.75, 3.05) is 13.2 Å². The molecular formula is C33H58BrNO4. The molecule has 0 saturated carbocycles. The van der Waals surface area contributed by atoms with Crippen molar-refractivity contribution in [2.24, 2.45) is 0 Å². The molecule has 0 aliphatic carbocycles. The van der Waals surface area contributed by atoms with E-state index in [-0.39, 0.29) is 29.1 Å². The van der Waals surface area contributed by atoms with Crippen LogP contribution in [0.3, 0.4) is 0 Å². The molecule has 2 rings (SSSR count). The van der Waals surface area contributed by atoms with Gasteiger partial charge in [-0.3, -0.25) is 4.79 Å². The Morgan fingerprint density at radius 1 is 0.795 bits per heavy atom. The van der Waals surface area contributed by atoms with Crippen molar-refractivity contribution in [3.63, 3.8) is 0 Å². The van der Waals surface area contributed by atoms with Gasteiger partial charge in [-0.05, 0) is 26.2 Å². The summed E-state index contributed by atoms with van der Waals surface area (Å²) in [6.07, 6.45) is 28.9. The van der Waals surface area contributed by atoms with Crippen molar-refractivity contribution in [2.45, 2.75) is 161 Å². The lowest BCUT2D eigenvalue weighted by atomic mass is 10.0. The minimum atomic E-state index is -0.525. The number of hydrogen-bond acceptors (Lipinski definition) is 4. The van der Waals surface area contributed by atoms with E-state index >= 15 is 0 Å². The quantitative estimate of drug-likeness (QED) is 0.0883. The highest BCUT2D eigenvalue weighted by atomic mass is 79.9. The molecule has 0 bridgehead atoms. The lowest BCUT2D eigenvalue weighted by Crippen LogP contribution is -3.00. The molecule has 226 valence electrons. The normalized spacial score (nSPS) is 18.7. The summed E-state index contributed by atoms with van der Waals surface area (Å²) < 4.78 is 19.7. The summed E-state index contributed by atoms with van der Waals surface area (Å²) in [5, 5.41) is 0. The fourth-order valence-electron chi connectivity index (χ4n) is 5.30. The summed E-state index contributed by atoms with van der Waals surface area (Å²) in [6.45, 7) is 6.11. The van der Waals surface area contributed by atoms with Crippen LogP contribution in [0.4, 0.5) is 0 Å². The highest BCUT2D eigenvalue weighted by molar-refractivity contribution is 5.69. The van der Waals surface area contributed by atoms with Crippen LogP contribution in [0.25, 0.3) is 0 Å². The Hall–Kier alpha value is -0.980. The summed E-state index contributed by atoms with van der Waals surface area (Å²) in [7, 11) is 0. The SMILES string of the molecule is CCCCCCCCCCCCCCCCCC1(C)OCC(COC(=O)CCCCC[n+]2ccccc2)O1.[Br-]. The van der Waals surface area contributed by atoms with Crippen molar-refractivity contribution in [3.05, 3.63) is 30.6 Å². The number of aromatic nitrogens is 1. The van der Waals surface area contributed by atoms with Crippen molar-refractivity contribution >= 4 is 5.97 Å². The van der Waals surface area contributed by atoms with Crippen LogP contribution in [0.5, 0.6) is 0 Å². The zero-order chi connectivity index (χ0) is 27.2. The molecule has 0 N–H and O–H groups in total.